The Balaban J connectivity index is 1.86. The molecule has 1 heterocycles. The SMILES string of the molecule is CS(=O)(=O)c1cc(C(F)(F)F)ccc1C(=O)N1CCC(C(c2cccc(C(F)(F)F)c2)=S(=O)=O)CC1. The summed E-state index contributed by atoms with van der Waals surface area (Å²) in [4.78, 5) is 13.1. The Labute approximate surface area is 204 Å². The van der Waals surface area contributed by atoms with E-state index in [1.165, 1.54) is 11.0 Å². The number of benzene rings is 2. The van der Waals surface area contributed by atoms with E-state index in [0.29, 0.717) is 18.4 Å². The molecule has 1 fully saturated rings. The van der Waals surface area contributed by atoms with Crippen LogP contribution in [0.5, 0.6) is 0 Å². The van der Waals surface area contributed by atoms with E-state index in [1.54, 1.807) is 0 Å². The number of carbonyl (C=O) groups excluding carboxylic acids is 1. The molecule has 2 aromatic rings. The summed E-state index contributed by atoms with van der Waals surface area (Å²) in [5, 5.41) is 0. The van der Waals surface area contributed by atoms with Gasteiger partial charge < -0.3 is 4.90 Å². The van der Waals surface area contributed by atoms with E-state index in [4.69, 9.17) is 0 Å². The highest BCUT2D eigenvalue weighted by molar-refractivity contribution is 7.90. The second-order valence-corrected chi connectivity index (χ2v) is 11.1. The number of hydrogen-bond acceptors (Lipinski definition) is 5. The summed E-state index contributed by atoms with van der Waals surface area (Å²) in [6, 6.07) is 5.60. The van der Waals surface area contributed by atoms with E-state index in [-0.39, 0.29) is 36.4 Å². The van der Waals surface area contributed by atoms with Crippen LogP contribution in [-0.2, 0) is 32.5 Å². The van der Waals surface area contributed by atoms with Crippen LogP contribution in [0, 0.1) is 5.92 Å². The largest absolute Gasteiger partial charge is 0.416 e. The van der Waals surface area contributed by atoms with Crippen LogP contribution in [0.2, 0.25) is 0 Å². The fourth-order valence-corrected chi connectivity index (χ4v) is 5.74. The molecular formula is C22H19F6NO5S2. The Morgan fingerprint density at radius 2 is 1.47 bits per heavy atom. The van der Waals surface area contributed by atoms with Crippen molar-refractivity contribution in [3.8, 4) is 0 Å². The Kier molecular flexibility index (Phi) is 7.61. The molecule has 1 aliphatic heterocycles. The molecule has 0 spiro atoms. The minimum Gasteiger partial charge on any atom is -0.339 e. The predicted molar refractivity (Wildman–Crippen MR) is 118 cm³/mol. The van der Waals surface area contributed by atoms with Gasteiger partial charge in [-0.25, -0.2) is 8.42 Å². The molecule has 3 rings (SSSR count). The van der Waals surface area contributed by atoms with E-state index in [9.17, 15) is 48.0 Å². The Morgan fingerprint density at radius 3 is 1.97 bits per heavy atom. The first-order valence-corrected chi connectivity index (χ1v) is 13.3. The third-order valence-corrected chi connectivity index (χ3v) is 7.81. The van der Waals surface area contributed by atoms with Gasteiger partial charge in [-0.15, -0.1) is 0 Å². The van der Waals surface area contributed by atoms with Crippen molar-refractivity contribution in [3.63, 3.8) is 0 Å². The van der Waals surface area contributed by atoms with Gasteiger partial charge in [0.15, 0.2) is 9.84 Å². The lowest BCUT2D eigenvalue weighted by Crippen LogP contribution is -2.41. The smallest absolute Gasteiger partial charge is 0.339 e. The van der Waals surface area contributed by atoms with Crippen molar-refractivity contribution in [2.24, 2.45) is 5.92 Å². The number of halogens is 6. The standard InChI is InChI=1S/C22H19F6NO5S2/c1-36(33,34)18-12-16(22(26,27)28)5-6-17(18)20(30)29-9-7-13(8-10-29)19(35(31)32)14-3-2-4-15(11-14)21(23,24)25/h2-6,11-13H,7-10H2,1H3. The summed E-state index contributed by atoms with van der Waals surface area (Å²) in [5.41, 5.74) is -2.86. The molecule has 14 heteroatoms. The van der Waals surface area contributed by atoms with E-state index >= 15 is 0 Å². The van der Waals surface area contributed by atoms with E-state index in [0.717, 1.165) is 24.3 Å². The summed E-state index contributed by atoms with van der Waals surface area (Å²) >= 11 is 0. The van der Waals surface area contributed by atoms with Gasteiger partial charge in [-0.05, 0) is 48.7 Å². The van der Waals surface area contributed by atoms with Gasteiger partial charge in [0.05, 0.1) is 26.5 Å². The maximum atomic E-state index is 13.1. The van der Waals surface area contributed by atoms with Crippen molar-refractivity contribution in [1.82, 2.24) is 4.90 Å². The van der Waals surface area contributed by atoms with Gasteiger partial charge >= 0.3 is 12.4 Å². The summed E-state index contributed by atoms with van der Waals surface area (Å²) in [5.74, 6) is -1.58. The van der Waals surface area contributed by atoms with Crippen molar-refractivity contribution in [2.45, 2.75) is 30.1 Å². The summed E-state index contributed by atoms with van der Waals surface area (Å²) in [6.07, 6.45) is -8.78. The first-order chi connectivity index (χ1) is 16.5. The van der Waals surface area contributed by atoms with Gasteiger partial charge in [0, 0.05) is 25.3 Å². The number of carbonyl (C=O) groups is 1. The third-order valence-electron chi connectivity index (χ3n) is 5.75. The number of rotatable bonds is 4. The summed E-state index contributed by atoms with van der Waals surface area (Å²) in [6.45, 7) is -0.180. The Morgan fingerprint density at radius 1 is 0.917 bits per heavy atom. The molecule has 0 aromatic heterocycles. The first-order valence-electron chi connectivity index (χ1n) is 10.3. The number of hydrogen-bond donors (Lipinski definition) is 0. The van der Waals surface area contributed by atoms with Gasteiger partial charge in [-0.1, -0.05) is 12.1 Å². The average molecular weight is 556 g/mol. The van der Waals surface area contributed by atoms with Gasteiger partial charge in [0.25, 0.3) is 5.91 Å². The minimum atomic E-state index is -4.83. The maximum Gasteiger partial charge on any atom is 0.416 e. The topological polar surface area (TPSA) is 88.6 Å². The molecule has 6 nitrogen and oxygen atoms in total. The molecule has 36 heavy (non-hydrogen) atoms. The molecule has 1 amide bonds. The first kappa shape index (κ1) is 27.7. The molecule has 2 aromatic carbocycles. The van der Waals surface area contributed by atoms with Gasteiger partial charge in [0.1, 0.15) is 0 Å². The summed E-state index contributed by atoms with van der Waals surface area (Å²) < 4.78 is 126. The van der Waals surface area contributed by atoms with Crippen LogP contribution in [0.15, 0.2) is 47.4 Å². The van der Waals surface area contributed by atoms with Crippen molar-refractivity contribution in [3.05, 3.63) is 64.7 Å². The van der Waals surface area contributed by atoms with Crippen LogP contribution in [0.4, 0.5) is 26.3 Å². The molecule has 1 saturated heterocycles. The zero-order valence-electron chi connectivity index (χ0n) is 18.5. The van der Waals surface area contributed by atoms with E-state index < -0.39 is 65.9 Å². The van der Waals surface area contributed by atoms with Crippen LogP contribution in [0.1, 0.15) is 39.9 Å². The zero-order valence-corrected chi connectivity index (χ0v) is 20.2. The average Bonchev–Trinajstić information content (AvgIpc) is 2.77. The molecular weight excluding hydrogens is 536 g/mol. The molecule has 0 atom stereocenters. The van der Waals surface area contributed by atoms with Crippen molar-refractivity contribution in [2.75, 3.05) is 19.3 Å². The molecule has 1 aliphatic rings. The number of piperidine rings is 1. The predicted octanol–water partition coefficient (Wildman–Crippen LogP) is 4.08. The normalized spacial score (nSPS) is 15.6. The molecule has 0 radical (unpaired) electrons. The lowest BCUT2D eigenvalue weighted by Gasteiger charge is -2.32. The molecule has 196 valence electrons. The number of sulfone groups is 1. The number of amides is 1. The van der Waals surface area contributed by atoms with Gasteiger partial charge in [-0.2, -0.15) is 34.8 Å². The van der Waals surface area contributed by atoms with Crippen molar-refractivity contribution < 1.29 is 48.0 Å². The van der Waals surface area contributed by atoms with Crippen LogP contribution in [0.25, 0.3) is 0 Å². The van der Waals surface area contributed by atoms with Gasteiger partial charge in [-0.3, -0.25) is 4.79 Å². The Hall–Kier alpha value is -2.87. The molecule has 0 saturated carbocycles. The fourth-order valence-electron chi connectivity index (χ4n) is 4.01. The van der Waals surface area contributed by atoms with Gasteiger partial charge in [0.2, 0.25) is 10.3 Å². The third kappa shape index (κ3) is 6.09. The highest BCUT2D eigenvalue weighted by Crippen LogP contribution is 2.34. The lowest BCUT2D eigenvalue weighted by molar-refractivity contribution is -0.138. The highest BCUT2D eigenvalue weighted by Gasteiger charge is 2.35. The second kappa shape index (κ2) is 9.88. The molecule has 0 aliphatic carbocycles. The molecule has 0 bridgehead atoms. The van der Waals surface area contributed by atoms with Crippen LogP contribution >= 0.6 is 0 Å². The number of nitrogens with zero attached hydrogens (tertiary/aromatic N) is 1. The van der Waals surface area contributed by atoms with Crippen molar-refractivity contribution in [1.29, 1.82) is 0 Å². The lowest BCUT2D eigenvalue weighted by atomic mass is 9.89. The number of alkyl halides is 6. The van der Waals surface area contributed by atoms with E-state index in [2.05, 4.69) is 0 Å². The minimum absolute atomic E-state index is 0.0279. The maximum absolute atomic E-state index is 13.1. The quantitative estimate of drug-likeness (QED) is 0.322. The van der Waals surface area contributed by atoms with Crippen LogP contribution in [0.3, 0.4) is 0 Å². The second-order valence-electron chi connectivity index (χ2n) is 8.22. The fraction of sp³-hybridized carbons (Fsp3) is 0.364. The monoisotopic (exact) mass is 555 g/mol. The molecule has 0 unspecified atom stereocenters. The van der Waals surface area contributed by atoms with E-state index in [1.807, 2.05) is 0 Å². The molecule has 0 N–H and O–H groups in total. The summed E-state index contributed by atoms with van der Waals surface area (Å²) in [7, 11) is -7.07. The van der Waals surface area contributed by atoms with Crippen LogP contribution in [-0.4, -0.2) is 51.9 Å². The number of likely N-dealkylation sites (tertiary alicyclic amines) is 1. The van der Waals surface area contributed by atoms with Crippen molar-refractivity contribution >= 4 is 30.9 Å². The zero-order chi connectivity index (χ0) is 27.1. The van der Waals surface area contributed by atoms with Crippen LogP contribution < -0.4 is 0 Å². The Bertz CT molecular complexity index is 1410. The highest BCUT2D eigenvalue weighted by atomic mass is 32.2.